The number of aliphatic carboxylic acids is 1. The molecule has 0 saturated heterocycles. The van der Waals surface area contributed by atoms with Crippen LogP contribution in [0.25, 0.3) is 0 Å². The molecule has 2 N–H and O–H groups in total. The first-order chi connectivity index (χ1) is 7.00. The molecule has 0 spiro atoms. The standard InChI is InChI=1S/C12H14O3/c1-3-8-12(2,11(14)15)9-4-6-10(13)7-5-9/h3-7,13H,1,8H2,2H3,(H,14,15). The third kappa shape index (κ3) is 2.18. The van der Waals surface area contributed by atoms with Crippen molar-refractivity contribution in [3.8, 4) is 5.75 Å². The second-order valence-corrected chi connectivity index (χ2v) is 3.68. The third-order valence-electron chi connectivity index (χ3n) is 2.53. The highest BCUT2D eigenvalue weighted by Crippen LogP contribution is 2.29. The van der Waals surface area contributed by atoms with Gasteiger partial charge < -0.3 is 10.2 Å². The molecule has 0 aliphatic heterocycles. The van der Waals surface area contributed by atoms with Crippen LogP contribution < -0.4 is 0 Å². The summed E-state index contributed by atoms with van der Waals surface area (Å²) in [6.07, 6.45) is 1.94. The van der Waals surface area contributed by atoms with Crippen LogP contribution in [0.5, 0.6) is 5.75 Å². The molecule has 0 radical (unpaired) electrons. The van der Waals surface area contributed by atoms with Crippen LogP contribution in [0.4, 0.5) is 0 Å². The van der Waals surface area contributed by atoms with Gasteiger partial charge in [-0.15, -0.1) is 6.58 Å². The fourth-order valence-corrected chi connectivity index (χ4v) is 1.45. The molecule has 0 amide bonds. The quantitative estimate of drug-likeness (QED) is 0.743. The van der Waals surface area contributed by atoms with E-state index < -0.39 is 11.4 Å². The lowest BCUT2D eigenvalue weighted by Crippen LogP contribution is -2.31. The van der Waals surface area contributed by atoms with Crippen molar-refractivity contribution in [2.24, 2.45) is 0 Å². The number of phenolic OH excluding ortho intramolecular Hbond substituents is 1. The highest BCUT2D eigenvalue weighted by atomic mass is 16.4. The number of carbonyl (C=O) groups is 1. The number of hydrogen-bond acceptors (Lipinski definition) is 2. The van der Waals surface area contributed by atoms with E-state index in [9.17, 15) is 9.90 Å². The minimum Gasteiger partial charge on any atom is -0.508 e. The zero-order valence-corrected chi connectivity index (χ0v) is 8.60. The Morgan fingerprint density at radius 1 is 1.47 bits per heavy atom. The number of carboxylic acid groups (broad SMARTS) is 1. The molecule has 1 atom stereocenters. The van der Waals surface area contributed by atoms with E-state index in [1.54, 1.807) is 25.1 Å². The highest BCUT2D eigenvalue weighted by Gasteiger charge is 2.33. The molecule has 0 saturated carbocycles. The Balaban J connectivity index is 3.14. The van der Waals surface area contributed by atoms with Gasteiger partial charge in [-0.1, -0.05) is 18.2 Å². The molecule has 0 heterocycles. The second-order valence-electron chi connectivity index (χ2n) is 3.68. The molecule has 1 rings (SSSR count). The Morgan fingerprint density at radius 3 is 2.40 bits per heavy atom. The van der Waals surface area contributed by atoms with Gasteiger partial charge in [-0.3, -0.25) is 4.79 Å². The number of aromatic hydroxyl groups is 1. The molecule has 1 unspecified atom stereocenters. The summed E-state index contributed by atoms with van der Waals surface area (Å²) in [5.74, 6) is -0.766. The van der Waals surface area contributed by atoms with Gasteiger partial charge >= 0.3 is 5.97 Å². The summed E-state index contributed by atoms with van der Waals surface area (Å²) < 4.78 is 0. The topological polar surface area (TPSA) is 57.5 Å². The normalized spacial score (nSPS) is 14.2. The van der Waals surface area contributed by atoms with E-state index in [1.165, 1.54) is 12.1 Å². The van der Waals surface area contributed by atoms with Gasteiger partial charge in [0.05, 0.1) is 5.41 Å². The third-order valence-corrected chi connectivity index (χ3v) is 2.53. The van der Waals surface area contributed by atoms with Gasteiger partial charge in [0.25, 0.3) is 0 Å². The molecule has 0 bridgehead atoms. The lowest BCUT2D eigenvalue weighted by molar-refractivity contribution is -0.143. The summed E-state index contributed by atoms with van der Waals surface area (Å²) in [4.78, 5) is 11.2. The molecule has 0 aliphatic carbocycles. The average molecular weight is 206 g/mol. The Kier molecular flexibility index (Phi) is 3.14. The summed E-state index contributed by atoms with van der Waals surface area (Å²) in [7, 11) is 0. The van der Waals surface area contributed by atoms with Gasteiger partial charge in [0.15, 0.2) is 0 Å². The van der Waals surface area contributed by atoms with Crippen molar-refractivity contribution in [1.29, 1.82) is 0 Å². The Bertz CT molecular complexity index is 367. The molecule has 1 aromatic carbocycles. The van der Waals surface area contributed by atoms with Gasteiger partial charge in [-0.25, -0.2) is 0 Å². The molecule has 0 aliphatic rings. The maximum Gasteiger partial charge on any atom is 0.314 e. The van der Waals surface area contributed by atoms with E-state index in [1.807, 2.05) is 0 Å². The van der Waals surface area contributed by atoms with Gasteiger partial charge in [0, 0.05) is 0 Å². The van der Waals surface area contributed by atoms with Gasteiger partial charge in [-0.2, -0.15) is 0 Å². The van der Waals surface area contributed by atoms with Crippen LogP contribution in [-0.2, 0) is 10.2 Å². The molecule has 15 heavy (non-hydrogen) atoms. The highest BCUT2D eigenvalue weighted by molar-refractivity contribution is 5.81. The molecule has 0 fully saturated rings. The number of allylic oxidation sites excluding steroid dienone is 1. The van der Waals surface area contributed by atoms with Crippen molar-refractivity contribution in [2.45, 2.75) is 18.8 Å². The predicted molar refractivity (Wildman–Crippen MR) is 57.9 cm³/mol. The van der Waals surface area contributed by atoms with E-state index >= 15 is 0 Å². The van der Waals surface area contributed by atoms with Crippen molar-refractivity contribution >= 4 is 5.97 Å². The molecule has 3 nitrogen and oxygen atoms in total. The number of hydrogen-bond donors (Lipinski definition) is 2. The minimum atomic E-state index is -0.977. The van der Waals surface area contributed by atoms with Crippen LogP contribution in [0.2, 0.25) is 0 Å². The summed E-state index contributed by atoms with van der Waals surface area (Å²) in [6.45, 7) is 5.20. The van der Waals surface area contributed by atoms with Crippen LogP contribution in [0.3, 0.4) is 0 Å². The largest absolute Gasteiger partial charge is 0.508 e. The van der Waals surface area contributed by atoms with Crippen molar-refractivity contribution in [2.75, 3.05) is 0 Å². The zero-order chi connectivity index (χ0) is 11.5. The van der Waals surface area contributed by atoms with Gasteiger partial charge in [-0.05, 0) is 31.0 Å². The first kappa shape index (κ1) is 11.3. The first-order valence-corrected chi connectivity index (χ1v) is 4.64. The van der Waals surface area contributed by atoms with Crippen LogP contribution in [0.1, 0.15) is 18.9 Å². The van der Waals surface area contributed by atoms with Crippen molar-refractivity contribution in [3.05, 3.63) is 42.5 Å². The fourth-order valence-electron chi connectivity index (χ4n) is 1.45. The van der Waals surface area contributed by atoms with Crippen molar-refractivity contribution < 1.29 is 15.0 Å². The Hall–Kier alpha value is -1.77. The average Bonchev–Trinajstić information content (AvgIpc) is 2.18. The summed E-state index contributed by atoms with van der Waals surface area (Å²) in [5, 5.41) is 18.3. The maximum absolute atomic E-state index is 11.2. The number of phenols is 1. The lowest BCUT2D eigenvalue weighted by atomic mass is 9.79. The van der Waals surface area contributed by atoms with E-state index in [-0.39, 0.29) is 5.75 Å². The van der Waals surface area contributed by atoms with E-state index in [4.69, 9.17) is 5.11 Å². The second kappa shape index (κ2) is 4.17. The van der Waals surface area contributed by atoms with E-state index in [2.05, 4.69) is 6.58 Å². The first-order valence-electron chi connectivity index (χ1n) is 4.64. The van der Waals surface area contributed by atoms with Crippen LogP contribution >= 0.6 is 0 Å². The molecular weight excluding hydrogens is 192 g/mol. The summed E-state index contributed by atoms with van der Waals surface area (Å²) in [6, 6.07) is 6.21. The zero-order valence-electron chi connectivity index (χ0n) is 8.60. The van der Waals surface area contributed by atoms with E-state index in [0.29, 0.717) is 12.0 Å². The lowest BCUT2D eigenvalue weighted by Gasteiger charge is -2.23. The molecular formula is C12H14O3. The van der Waals surface area contributed by atoms with Crippen molar-refractivity contribution in [1.82, 2.24) is 0 Å². The van der Waals surface area contributed by atoms with Crippen LogP contribution in [0, 0.1) is 0 Å². The Morgan fingerprint density at radius 2 is 2.00 bits per heavy atom. The molecule has 3 heteroatoms. The predicted octanol–water partition coefficient (Wildman–Crippen LogP) is 2.31. The molecule has 0 aromatic heterocycles. The number of rotatable bonds is 4. The summed E-state index contributed by atoms with van der Waals surface area (Å²) in [5.41, 5.74) is -0.317. The molecule has 1 aromatic rings. The molecule has 80 valence electrons. The minimum absolute atomic E-state index is 0.130. The van der Waals surface area contributed by atoms with Crippen molar-refractivity contribution in [3.63, 3.8) is 0 Å². The van der Waals surface area contributed by atoms with E-state index in [0.717, 1.165) is 0 Å². The van der Waals surface area contributed by atoms with Crippen LogP contribution in [0.15, 0.2) is 36.9 Å². The number of carboxylic acids is 1. The smallest absolute Gasteiger partial charge is 0.314 e. The maximum atomic E-state index is 11.2. The monoisotopic (exact) mass is 206 g/mol. The SMILES string of the molecule is C=CCC(C)(C(=O)O)c1ccc(O)cc1. The van der Waals surface area contributed by atoms with Gasteiger partial charge in [0.2, 0.25) is 0 Å². The number of benzene rings is 1. The van der Waals surface area contributed by atoms with Gasteiger partial charge in [0.1, 0.15) is 5.75 Å². The fraction of sp³-hybridized carbons (Fsp3) is 0.250. The summed E-state index contributed by atoms with van der Waals surface area (Å²) >= 11 is 0. The Labute approximate surface area is 88.7 Å². The van der Waals surface area contributed by atoms with Crippen LogP contribution in [-0.4, -0.2) is 16.2 Å².